The average Bonchev–Trinajstić information content (AvgIpc) is 1.11. The molecule has 2 bridgehead atoms. The molecule has 0 radical (unpaired) electrons. The highest BCUT2D eigenvalue weighted by Crippen LogP contribution is 2.75. The van der Waals surface area contributed by atoms with Gasteiger partial charge < -0.3 is 75.4 Å². The number of aromatic nitrogens is 2. The van der Waals surface area contributed by atoms with Gasteiger partial charge in [-0.3, -0.25) is 38.6 Å². The van der Waals surface area contributed by atoms with E-state index in [0.717, 1.165) is 27.6 Å². The van der Waals surface area contributed by atoms with Gasteiger partial charge in [0.2, 0.25) is 29.5 Å². The number of ketones is 2. The van der Waals surface area contributed by atoms with E-state index >= 15 is 0 Å². The molecule has 3 fully saturated rings. The number of hydrogen-bond acceptors (Lipinski definition) is 14. The van der Waals surface area contributed by atoms with Gasteiger partial charge >= 0.3 is 26.0 Å². The fourth-order valence-corrected chi connectivity index (χ4v) is 15.1. The third-order valence-electron chi connectivity index (χ3n) is 19.1. The summed E-state index contributed by atoms with van der Waals surface area (Å²) in [6.07, 6.45) is 4.61. The van der Waals surface area contributed by atoms with Crippen LogP contribution in [-0.4, -0.2) is 160 Å². The fourth-order valence-electron chi connectivity index (χ4n) is 14.2. The van der Waals surface area contributed by atoms with Crippen LogP contribution in [0.3, 0.4) is 0 Å². The van der Waals surface area contributed by atoms with Crippen molar-refractivity contribution >= 4 is 129 Å². The number of hydrogen-bond donors (Lipinski definition) is 9. The smallest absolute Gasteiger partial charge is 0.445 e. The number of ether oxygens (including phenoxy) is 2. The maximum atomic E-state index is 14.9. The molecule has 3 aromatic carbocycles. The molecule has 27 nitrogen and oxygen atoms in total. The second-order valence-corrected chi connectivity index (χ2v) is 28.6. The minimum Gasteiger partial charge on any atom is -0.445 e. The monoisotopic (exact) mass is 1400 g/mol. The summed E-state index contributed by atoms with van der Waals surface area (Å²) in [5, 5.41) is 12.3. The highest BCUT2D eigenvalue weighted by Gasteiger charge is 2.76. The van der Waals surface area contributed by atoms with Gasteiger partial charge in [0.15, 0.2) is 17.3 Å². The van der Waals surface area contributed by atoms with E-state index in [-0.39, 0.29) is 142 Å². The van der Waals surface area contributed by atoms with Crippen LogP contribution >= 0.6 is 31.0 Å². The first-order valence-corrected chi connectivity index (χ1v) is 35.1. The molecule has 30 heteroatoms. The number of nitrogens with one attached hydrogen (secondary N) is 6. The van der Waals surface area contributed by atoms with Crippen molar-refractivity contribution in [3.05, 3.63) is 76.6 Å². The number of nitrogens with zero attached hydrogens (tertiary/aromatic N) is 4. The maximum Gasteiger partial charge on any atom is 0.524 e. The molecule has 5 unspecified atom stereocenters. The molecule has 3 saturated carbocycles. The number of carbonyl (C=O) groups excluding carboxylic acids is 10. The highest BCUT2D eigenvalue weighted by molar-refractivity contribution is 7.46. The SMILES string of the molecule is CC(=O)CC(CCCCNC(C)=O)C(=O)NC(C(=O)CC(CCCNC(N)=O)C(=O)Nc1ccc(COC(=O)N(C)CCN(C)C(=O)Oc2cc3c(c4c(C)c[nH]c24)C(CCl)CN3C(=O)C23CC(C(=O)N4CC(CCl)c5c4cc(OP(=O)(O)O)c4[nH]cc(C)c54)(C2)C3)cc1)C(C)C. The normalized spacial score (nSPS) is 19.2. The molecule has 3 aliphatic carbocycles. The quantitative estimate of drug-likeness (QED) is 0.0114. The van der Waals surface area contributed by atoms with Gasteiger partial charge in [0, 0.05) is 150 Å². The van der Waals surface area contributed by atoms with E-state index in [1.54, 1.807) is 66.4 Å². The number of primary amides is 1. The van der Waals surface area contributed by atoms with Gasteiger partial charge in [-0.15, -0.1) is 23.2 Å². The lowest BCUT2D eigenvalue weighted by atomic mass is 9.34. The summed E-state index contributed by atoms with van der Waals surface area (Å²) in [7, 11) is -1.97. The molecule has 10 N–H and O–H groups in total. The minimum atomic E-state index is -4.99. The number of anilines is 3. The van der Waals surface area contributed by atoms with Crippen LogP contribution in [0.25, 0.3) is 21.8 Å². The van der Waals surface area contributed by atoms with E-state index in [0.29, 0.717) is 71.3 Å². The Kier molecular flexibility index (Phi) is 22.8. The van der Waals surface area contributed by atoms with Crippen molar-refractivity contribution in [2.75, 3.05) is 80.2 Å². The van der Waals surface area contributed by atoms with E-state index in [9.17, 15) is 62.3 Å². The molecule has 2 aliphatic heterocycles. The number of Topliss-reactive ketones (excluding diaryl/α,β-unsaturated/α-hetero) is 2. The summed E-state index contributed by atoms with van der Waals surface area (Å²) in [6, 6.07) is 7.93. The number of amides is 9. The van der Waals surface area contributed by atoms with Gasteiger partial charge in [-0.25, -0.2) is 18.9 Å². The van der Waals surface area contributed by atoms with E-state index in [4.69, 9.17) is 42.9 Å². The molecule has 10 rings (SSSR count). The Balaban J connectivity index is 0.781. The number of carbonyl (C=O) groups is 10. The third kappa shape index (κ3) is 16.2. The third-order valence-corrected chi connectivity index (χ3v) is 20.3. The summed E-state index contributed by atoms with van der Waals surface area (Å²) < 4.78 is 28.9. The van der Waals surface area contributed by atoms with Crippen LogP contribution in [0, 0.1) is 42.4 Å². The van der Waals surface area contributed by atoms with Crippen LogP contribution < -0.4 is 46.1 Å². The second kappa shape index (κ2) is 30.3. The number of phosphoric acid groups is 1. The Hall–Kier alpha value is -8.23. The molecule has 0 spiro atoms. The number of rotatable bonds is 31. The van der Waals surface area contributed by atoms with Gasteiger partial charge in [0.25, 0.3) is 0 Å². The number of aryl methyl sites for hydroxylation is 2. The van der Waals surface area contributed by atoms with Crippen molar-refractivity contribution in [1.29, 1.82) is 0 Å². The van der Waals surface area contributed by atoms with Crippen molar-refractivity contribution in [1.82, 2.24) is 35.7 Å². The molecule has 4 heterocycles. The van der Waals surface area contributed by atoms with Crippen molar-refractivity contribution in [2.45, 2.75) is 130 Å². The first-order valence-electron chi connectivity index (χ1n) is 32.5. The van der Waals surface area contributed by atoms with Crippen molar-refractivity contribution in [2.24, 2.45) is 34.3 Å². The number of phosphoric ester groups is 1. The van der Waals surface area contributed by atoms with Gasteiger partial charge in [-0.05, 0) is 112 Å². The summed E-state index contributed by atoms with van der Waals surface area (Å²) in [6.45, 7) is 11.1. The minimum absolute atomic E-state index is 0.0230. The molecule has 9 amide bonds. The number of alkyl halides is 2. The molecule has 5 atom stereocenters. The van der Waals surface area contributed by atoms with E-state index in [1.165, 1.54) is 43.8 Å². The number of unbranched alkanes of at least 4 members (excludes halogenated alkanes) is 1. The first-order chi connectivity index (χ1) is 45.9. The van der Waals surface area contributed by atoms with Gasteiger partial charge in [-0.1, -0.05) is 32.4 Å². The van der Waals surface area contributed by atoms with Crippen molar-refractivity contribution in [3.8, 4) is 11.5 Å². The number of urea groups is 1. The van der Waals surface area contributed by atoms with Crippen LogP contribution in [0.1, 0.15) is 132 Å². The Morgan fingerprint density at radius 2 is 1.24 bits per heavy atom. The second-order valence-electron chi connectivity index (χ2n) is 26.8. The highest BCUT2D eigenvalue weighted by atomic mass is 35.5. The molecule has 5 aromatic rings. The lowest BCUT2D eigenvalue weighted by Gasteiger charge is -2.69. The fraction of sp³-hybridized carbons (Fsp3) is 0.522. The van der Waals surface area contributed by atoms with Crippen LogP contribution in [0.15, 0.2) is 48.8 Å². The maximum absolute atomic E-state index is 14.9. The first kappa shape index (κ1) is 73.0. The molecule has 524 valence electrons. The van der Waals surface area contributed by atoms with E-state index in [2.05, 4.69) is 31.2 Å². The number of fused-ring (bicyclic) bond motifs is 6. The zero-order valence-corrected chi connectivity index (χ0v) is 58.1. The molecular weight excluding hydrogens is 1320 g/mol. The van der Waals surface area contributed by atoms with Gasteiger partial charge in [-0.2, -0.15) is 0 Å². The summed E-state index contributed by atoms with van der Waals surface area (Å²) >= 11 is 13.2. The van der Waals surface area contributed by atoms with Gasteiger partial charge in [0.1, 0.15) is 12.4 Å². The zero-order chi connectivity index (χ0) is 70.6. The standard InChI is InChI=1S/C67H86Cl2N11O16P/c1-36(2)56(76-60(85)42(22-39(5)81)12-9-10-18-71-40(6)82)49(83)23-43(13-11-19-72-63(70)88)59(84)75-46-16-14-41(15-17-46)32-94-64(89)77(7)20-21-78(8)65(90)95-50-24-47-54(52-37(3)28-73-57(50)52)44(26-68)30-79(47)61(86)66-33-67(34-66,35-66)62(87)80-31-45(27-69)55-48(80)25-51(96-97(91,92)93)58-53(55)38(4)29-74-58/h14-17,24-25,28-29,36,42-45,56,73-74H,9-13,18-23,26-27,30-35H2,1-8H3,(H,71,82)(H,75,84)(H,76,85)(H3,70,72,88)(H2,91,92,93). The molecule has 2 aromatic heterocycles. The Morgan fingerprint density at radius 1 is 0.722 bits per heavy atom. The number of likely N-dealkylation sites (N-methyl/N-ethyl adjacent to an activating group) is 2. The zero-order valence-electron chi connectivity index (χ0n) is 55.7. The number of H-pyrrole nitrogens is 2. The van der Waals surface area contributed by atoms with Crippen LogP contribution in [-0.2, 0) is 49.5 Å². The molecule has 0 saturated heterocycles. The van der Waals surface area contributed by atoms with Gasteiger partial charge in [0.05, 0.1) is 39.3 Å². The Morgan fingerprint density at radius 3 is 1.75 bits per heavy atom. The topological polar surface area (TPSA) is 375 Å². The largest absolute Gasteiger partial charge is 0.524 e. The number of aromatic amines is 2. The summed E-state index contributed by atoms with van der Waals surface area (Å²) in [4.78, 5) is 165. The summed E-state index contributed by atoms with van der Waals surface area (Å²) in [5.74, 6) is -4.17. The Labute approximate surface area is 571 Å². The lowest BCUT2D eigenvalue weighted by molar-refractivity contribution is -0.205. The molecule has 97 heavy (non-hydrogen) atoms. The lowest BCUT2D eigenvalue weighted by Crippen LogP contribution is -2.73. The van der Waals surface area contributed by atoms with E-state index in [1.807, 2.05) is 13.8 Å². The number of benzene rings is 3. The van der Waals surface area contributed by atoms with E-state index < -0.39 is 72.3 Å². The predicted molar refractivity (Wildman–Crippen MR) is 364 cm³/mol. The van der Waals surface area contributed by atoms with Crippen LogP contribution in [0.5, 0.6) is 11.5 Å². The van der Waals surface area contributed by atoms with Crippen molar-refractivity contribution < 1.29 is 76.3 Å². The number of nitrogens with two attached hydrogens (primary N) is 1. The molecule has 5 aliphatic rings. The average molecular weight is 1400 g/mol. The van der Waals surface area contributed by atoms with Crippen LogP contribution in [0.4, 0.5) is 31.4 Å². The molecular formula is C67H86Cl2N11O16P. The predicted octanol–water partition coefficient (Wildman–Crippen LogP) is 8.65. The van der Waals surface area contributed by atoms with Crippen LogP contribution in [0.2, 0.25) is 0 Å². The van der Waals surface area contributed by atoms with Crippen molar-refractivity contribution in [3.63, 3.8) is 0 Å². The Bertz CT molecular complexity index is 3920. The summed E-state index contributed by atoms with van der Waals surface area (Å²) in [5.41, 5.74) is 9.64. The number of halogens is 2.